The number of hydrogen-bond donors (Lipinski definition) is 2. The molecule has 0 aliphatic rings. The van der Waals surface area contributed by atoms with Crippen LogP contribution in [0.1, 0.15) is 13.3 Å². The number of carbonyl (C=O) groups is 3. The molecular formula is C14H17FN2O4S. The molecule has 0 fully saturated rings. The molecule has 0 unspecified atom stereocenters. The zero-order valence-electron chi connectivity index (χ0n) is 12.0. The number of halogens is 1. The van der Waals surface area contributed by atoms with E-state index in [4.69, 9.17) is 10.8 Å². The lowest BCUT2D eigenvalue weighted by Crippen LogP contribution is -2.36. The number of nitrogens with zero attached hydrogens (tertiary/aromatic N) is 1. The van der Waals surface area contributed by atoms with Crippen LogP contribution in [0, 0.1) is 5.82 Å². The molecule has 8 heteroatoms. The van der Waals surface area contributed by atoms with E-state index in [-0.39, 0.29) is 24.6 Å². The highest BCUT2D eigenvalue weighted by molar-refractivity contribution is 8.01. The normalized spacial score (nSPS) is 11.7. The number of nitrogens with two attached hydrogens (primary N) is 1. The number of carboxylic acids is 1. The van der Waals surface area contributed by atoms with Gasteiger partial charge < -0.3 is 15.7 Å². The quantitative estimate of drug-likeness (QED) is 0.748. The van der Waals surface area contributed by atoms with Crippen molar-refractivity contribution in [2.24, 2.45) is 5.73 Å². The molecule has 1 rings (SSSR count). The molecule has 0 saturated carbocycles. The number of carboxylic acid groups (broad SMARTS) is 1. The summed E-state index contributed by atoms with van der Waals surface area (Å²) in [5.74, 6) is -2.45. The summed E-state index contributed by atoms with van der Waals surface area (Å²) in [6, 6.07) is 5.23. The summed E-state index contributed by atoms with van der Waals surface area (Å²) in [4.78, 5) is 35.2. The van der Waals surface area contributed by atoms with Crippen LogP contribution in [0.25, 0.3) is 0 Å². The van der Waals surface area contributed by atoms with Crippen LogP contribution in [0.4, 0.5) is 10.1 Å². The summed E-state index contributed by atoms with van der Waals surface area (Å²) in [5, 5.41) is 8.08. The van der Waals surface area contributed by atoms with E-state index in [1.807, 2.05) is 0 Å². The highest BCUT2D eigenvalue weighted by Crippen LogP contribution is 2.18. The van der Waals surface area contributed by atoms with Gasteiger partial charge in [-0.3, -0.25) is 14.4 Å². The summed E-state index contributed by atoms with van der Waals surface area (Å²) < 4.78 is 13.0. The lowest BCUT2D eigenvalue weighted by atomic mass is 10.2. The molecule has 1 atom stereocenters. The average molecular weight is 328 g/mol. The van der Waals surface area contributed by atoms with Gasteiger partial charge in [-0.05, 0) is 31.2 Å². The number of anilines is 1. The molecule has 1 aromatic rings. The second-order valence-corrected chi connectivity index (χ2v) is 5.86. The number of rotatable bonds is 8. The number of hydrogen-bond acceptors (Lipinski definition) is 4. The first-order valence-electron chi connectivity index (χ1n) is 6.50. The monoisotopic (exact) mass is 328 g/mol. The molecule has 0 aliphatic carbocycles. The van der Waals surface area contributed by atoms with Gasteiger partial charge in [-0.15, -0.1) is 11.8 Å². The van der Waals surface area contributed by atoms with E-state index in [1.165, 1.54) is 36.1 Å². The van der Waals surface area contributed by atoms with Gasteiger partial charge in [0, 0.05) is 18.7 Å². The average Bonchev–Trinajstić information content (AvgIpc) is 2.46. The van der Waals surface area contributed by atoms with E-state index in [1.54, 1.807) is 0 Å². The van der Waals surface area contributed by atoms with Gasteiger partial charge in [0.1, 0.15) is 5.82 Å². The fourth-order valence-corrected chi connectivity index (χ4v) is 2.28. The van der Waals surface area contributed by atoms with Crippen LogP contribution in [-0.2, 0) is 14.4 Å². The van der Waals surface area contributed by atoms with Gasteiger partial charge in [0.05, 0.1) is 11.0 Å². The lowest BCUT2D eigenvalue weighted by Gasteiger charge is -2.22. The molecule has 0 heterocycles. The van der Waals surface area contributed by atoms with Crippen molar-refractivity contribution in [3.63, 3.8) is 0 Å². The van der Waals surface area contributed by atoms with Crippen LogP contribution in [-0.4, -0.2) is 40.4 Å². The SMILES string of the molecule is C[C@@H](SCC(=O)N(CCC(N)=O)c1ccc(F)cc1)C(=O)O. The Morgan fingerprint density at radius 1 is 1.32 bits per heavy atom. The molecule has 0 spiro atoms. The van der Waals surface area contributed by atoms with E-state index < -0.39 is 22.9 Å². The minimum atomic E-state index is -1.01. The van der Waals surface area contributed by atoms with Crippen molar-refractivity contribution in [3.05, 3.63) is 30.1 Å². The van der Waals surface area contributed by atoms with Crippen LogP contribution in [0.3, 0.4) is 0 Å². The molecule has 1 aromatic carbocycles. The maximum Gasteiger partial charge on any atom is 0.316 e. The van der Waals surface area contributed by atoms with Crippen LogP contribution in [0.5, 0.6) is 0 Å². The highest BCUT2D eigenvalue weighted by Gasteiger charge is 2.19. The smallest absolute Gasteiger partial charge is 0.316 e. The van der Waals surface area contributed by atoms with Gasteiger partial charge in [-0.2, -0.15) is 0 Å². The molecule has 0 radical (unpaired) electrons. The standard InChI is InChI=1S/C14H17FN2O4S/c1-9(14(20)21)22-8-13(19)17(7-6-12(16)18)11-4-2-10(15)3-5-11/h2-5,9H,6-8H2,1H3,(H2,16,18)(H,20,21)/t9-/m1/s1. The van der Waals surface area contributed by atoms with E-state index >= 15 is 0 Å². The summed E-state index contributed by atoms with van der Waals surface area (Å²) in [5.41, 5.74) is 5.51. The maximum atomic E-state index is 13.0. The Hall–Kier alpha value is -2.09. The van der Waals surface area contributed by atoms with E-state index in [2.05, 4.69) is 0 Å². The fourth-order valence-electron chi connectivity index (χ4n) is 1.59. The van der Waals surface area contributed by atoms with Crippen molar-refractivity contribution < 1.29 is 23.9 Å². The van der Waals surface area contributed by atoms with Crippen molar-refractivity contribution >= 4 is 35.2 Å². The van der Waals surface area contributed by atoms with Gasteiger partial charge in [0.15, 0.2) is 0 Å². The Morgan fingerprint density at radius 2 is 1.91 bits per heavy atom. The largest absolute Gasteiger partial charge is 0.480 e. The topological polar surface area (TPSA) is 101 Å². The zero-order chi connectivity index (χ0) is 16.7. The maximum absolute atomic E-state index is 13.0. The summed E-state index contributed by atoms with van der Waals surface area (Å²) in [7, 11) is 0. The van der Waals surface area contributed by atoms with Crippen molar-refractivity contribution in [1.82, 2.24) is 0 Å². The van der Waals surface area contributed by atoms with Gasteiger partial charge in [0.25, 0.3) is 0 Å². The van der Waals surface area contributed by atoms with E-state index in [0.717, 1.165) is 11.8 Å². The highest BCUT2D eigenvalue weighted by atomic mass is 32.2. The molecule has 2 amide bonds. The molecular weight excluding hydrogens is 311 g/mol. The zero-order valence-corrected chi connectivity index (χ0v) is 12.8. The third-order valence-corrected chi connectivity index (χ3v) is 3.94. The van der Waals surface area contributed by atoms with Crippen molar-refractivity contribution in [1.29, 1.82) is 0 Å². The number of carbonyl (C=O) groups excluding carboxylic acids is 2. The van der Waals surface area contributed by atoms with Crippen LogP contribution < -0.4 is 10.6 Å². The first kappa shape index (κ1) is 18.0. The van der Waals surface area contributed by atoms with E-state index in [0.29, 0.717) is 5.69 Å². The van der Waals surface area contributed by atoms with E-state index in [9.17, 15) is 18.8 Å². The van der Waals surface area contributed by atoms with Crippen LogP contribution in [0.2, 0.25) is 0 Å². The minimum absolute atomic E-state index is 0.0394. The first-order valence-corrected chi connectivity index (χ1v) is 7.54. The molecule has 3 N–H and O–H groups in total. The molecule has 0 saturated heterocycles. The van der Waals surface area contributed by atoms with Gasteiger partial charge in [0.2, 0.25) is 11.8 Å². The number of benzene rings is 1. The second kappa shape index (κ2) is 8.38. The first-order chi connectivity index (χ1) is 10.3. The third-order valence-electron chi connectivity index (χ3n) is 2.83. The molecule has 0 aromatic heterocycles. The predicted molar refractivity (Wildman–Crippen MR) is 82.1 cm³/mol. The molecule has 120 valence electrons. The predicted octanol–water partition coefficient (Wildman–Crippen LogP) is 1.24. The molecule has 0 aliphatic heterocycles. The Bertz CT molecular complexity index is 550. The minimum Gasteiger partial charge on any atom is -0.480 e. The molecule has 22 heavy (non-hydrogen) atoms. The third kappa shape index (κ3) is 5.72. The van der Waals surface area contributed by atoms with Gasteiger partial charge in [-0.25, -0.2) is 4.39 Å². The van der Waals surface area contributed by atoms with Crippen molar-refractivity contribution in [3.8, 4) is 0 Å². The number of thioether (sulfide) groups is 1. The fraction of sp³-hybridized carbons (Fsp3) is 0.357. The van der Waals surface area contributed by atoms with Crippen molar-refractivity contribution in [2.45, 2.75) is 18.6 Å². The summed E-state index contributed by atoms with van der Waals surface area (Å²) >= 11 is 0.972. The number of amides is 2. The Kier molecular flexibility index (Phi) is 6.84. The molecule has 0 bridgehead atoms. The number of primary amides is 1. The van der Waals surface area contributed by atoms with Gasteiger partial charge >= 0.3 is 5.97 Å². The number of aliphatic carboxylic acids is 1. The second-order valence-electron chi connectivity index (χ2n) is 4.53. The summed E-state index contributed by atoms with van der Waals surface area (Å²) in [6.07, 6.45) is -0.0394. The Morgan fingerprint density at radius 3 is 2.41 bits per heavy atom. The van der Waals surface area contributed by atoms with Crippen molar-refractivity contribution in [2.75, 3.05) is 17.2 Å². The summed E-state index contributed by atoms with van der Waals surface area (Å²) in [6.45, 7) is 1.54. The van der Waals surface area contributed by atoms with Crippen LogP contribution >= 0.6 is 11.8 Å². The molecule has 6 nitrogen and oxygen atoms in total. The van der Waals surface area contributed by atoms with Crippen LogP contribution in [0.15, 0.2) is 24.3 Å². The lowest BCUT2D eigenvalue weighted by molar-refractivity contribution is -0.136. The Balaban J connectivity index is 2.80. The van der Waals surface area contributed by atoms with Gasteiger partial charge in [-0.1, -0.05) is 0 Å². The Labute approximate surface area is 131 Å².